The quantitative estimate of drug-likeness (QED) is 0.505. The van der Waals surface area contributed by atoms with Crippen molar-refractivity contribution in [3.8, 4) is 11.3 Å². The Morgan fingerprint density at radius 1 is 1.09 bits per heavy atom. The summed E-state index contributed by atoms with van der Waals surface area (Å²) in [5.74, 6) is -0.260. The summed E-state index contributed by atoms with van der Waals surface area (Å²) < 4.78 is 13.8. The summed E-state index contributed by atoms with van der Waals surface area (Å²) in [5, 5.41) is 6.78. The van der Waals surface area contributed by atoms with Gasteiger partial charge in [-0.05, 0) is 29.8 Å². The van der Waals surface area contributed by atoms with Crippen LogP contribution in [0, 0.1) is 5.82 Å². The smallest absolute Gasteiger partial charge is 0.203 e. The van der Waals surface area contributed by atoms with Gasteiger partial charge in [0.1, 0.15) is 5.82 Å². The molecule has 3 aromatic rings. The van der Waals surface area contributed by atoms with E-state index in [2.05, 4.69) is 31.4 Å². The second-order valence-corrected chi connectivity index (χ2v) is 6.24. The topological polar surface area (TPSA) is 37.3 Å². The minimum absolute atomic E-state index is 0.260. The van der Waals surface area contributed by atoms with Crippen LogP contribution in [-0.2, 0) is 0 Å². The summed E-state index contributed by atoms with van der Waals surface area (Å²) in [6.45, 7) is 0. The van der Waals surface area contributed by atoms with E-state index in [0.29, 0.717) is 5.13 Å². The summed E-state index contributed by atoms with van der Waals surface area (Å²) in [7, 11) is 0. The van der Waals surface area contributed by atoms with Crippen LogP contribution in [0.5, 0.6) is 0 Å². The van der Waals surface area contributed by atoms with Crippen LogP contribution in [0.15, 0.2) is 63.5 Å². The highest BCUT2D eigenvalue weighted by molar-refractivity contribution is 9.10. The maximum Gasteiger partial charge on any atom is 0.203 e. The first-order valence-corrected chi connectivity index (χ1v) is 8.14. The van der Waals surface area contributed by atoms with Gasteiger partial charge in [0.25, 0.3) is 0 Å². The monoisotopic (exact) mass is 375 g/mol. The minimum Gasteiger partial charge on any atom is -0.253 e. The van der Waals surface area contributed by atoms with Crippen LogP contribution < -0.4 is 5.43 Å². The van der Waals surface area contributed by atoms with Crippen molar-refractivity contribution in [1.29, 1.82) is 0 Å². The van der Waals surface area contributed by atoms with E-state index in [9.17, 15) is 4.39 Å². The van der Waals surface area contributed by atoms with Gasteiger partial charge >= 0.3 is 0 Å². The molecule has 0 aliphatic heterocycles. The molecule has 0 unspecified atom stereocenters. The number of thiazole rings is 1. The molecule has 0 bridgehead atoms. The lowest BCUT2D eigenvalue weighted by Crippen LogP contribution is -1.90. The summed E-state index contributed by atoms with van der Waals surface area (Å²) >= 11 is 4.89. The van der Waals surface area contributed by atoms with E-state index in [1.54, 1.807) is 18.3 Å². The van der Waals surface area contributed by atoms with Crippen molar-refractivity contribution in [2.24, 2.45) is 5.10 Å². The Balaban J connectivity index is 1.66. The highest BCUT2D eigenvalue weighted by atomic mass is 79.9. The molecule has 110 valence electrons. The Morgan fingerprint density at radius 2 is 1.82 bits per heavy atom. The maximum atomic E-state index is 12.8. The average Bonchev–Trinajstić information content (AvgIpc) is 2.99. The van der Waals surface area contributed by atoms with Crippen LogP contribution >= 0.6 is 27.3 Å². The molecule has 1 aromatic heterocycles. The molecule has 0 saturated carbocycles. The lowest BCUT2D eigenvalue weighted by molar-refractivity contribution is 0.628. The number of hydrogen-bond acceptors (Lipinski definition) is 4. The van der Waals surface area contributed by atoms with Gasteiger partial charge in [0, 0.05) is 15.4 Å². The molecule has 0 amide bonds. The first-order chi connectivity index (χ1) is 10.7. The Morgan fingerprint density at radius 3 is 2.55 bits per heavy atom. The van der Waals surface area contributed by atoms with Crippen molar-refractivity contribution < 1.29 is 4.39 Å². The molecular weight excluding hydrogens is 365 g/mol. The van der Waals surface area contributed by atoms with Gasteiger partial charge in [-0.3, -0.25) is 5.43 Å². The normalized spacial score (nSPS) is 11.0. The maximum absolute atomic E-state index is 12.8. The highest BCUT2D eigenvalue weighted by Gasteiger charge is 2.03. The molecule has 3 nitrogen and oxygen atoms in total. The third-order valence-electron chi connectivity index (χ3n) is 2.89. The van der Waals surface area contributed by atoms with Crippen LogP contribution in [0.25, 0.3) is 11.3 Å². The molecule has 0 aliphatic carbocycles. The van der Waals surface area contributed by atoms with Gasteiger partial charge in [-0.15, -0.1) is 11.3 Å². The Kier molecular flexibility index (Phi) is 4.60. The van der Waals surface area contributed by atoms with E-state index in [0.717, 1.165) is 21.3 Å². The largest absolute Gasteiger partial charge is 0.253 e. The molecular formula is C16H11BrFN3S. The zero-order valence-corrected chi connectivity index (χ0v) is 13.7. The molecule has 1 N–H and O–H groups in total. The van der Waals surface area contributed by atoms with Crippen molar-refractivity contribution >= 4 is 38.6 Å². The van der Waals surface area contributed by atoms with Gasteiger partial charge in [0.2, 0.25) is 5.13 Å². The van der Waals surface area contributed by atoms with E-state index < -0.39 is 0 Å². The predicted octanol–water partition coefficient (Wildman–Crippen LogP) is 5.16. The van der Waals surface area contributed by atoms with Crippen LogP contribution in [0.1, 0.15) is 5.56 Å². The predicted molar refractivity (Wildman–Crippen MR) is 92.9 cm³/mol. The average molecular weight is 376 g/mol. The van der Waals surface area contributed by atoms with Crippen molar-refractivity contribution in [1.82, 2.24) is 4.98 Å². The molecule has 3 rings (SSSR count). The van der Waals surface area contributed by atoms with Crippen LogP contribution in [0.4, 0.5) is 9.52 Å². The van der Waals surface area contributed by atoms with Crippen LogP contribution in [0.3, 0.4) is 0 Å². The van der Waals surface area contributed by atoms with Crippen molar-refractivity contribution in [2.45, 2.75) is 0 Å². The van der Waals surface area contributed by atoms with E-state index in [1.807, 2.05) is 29.6 Å². The van der Waals surface area contributed by atoms with E-state index in [4.69, 9.17) is 0 Å². The van der Waals surface area contributed by atoms with Crippen LogP contribution in [-0.4, -0.2) is 11.2 Å². The van der Waals surface area contributed by atoms with Crippen molar-refractivity contribution in [2.75, 3.05) is 5.43 Å². The van der Waals surface area contributed by atoms with E-state index in [-0.39, 0.29) is 5.82 Å². The third kappa shape index (κ3) is 3.78. The molecule has 0 aliphatic rings. The summed E-state index contributed by atoms with van der Waals surface area (Å²) in [6.07, 6.45) is 1.63. The third-order valence-corrected chi connectivity index (χ3v) is 4.16. The fraction of sp³-hybridized carbons (Fsp3) is 0. The Bertz CT molecular complexity index is 782. The zero-order valence-electron chi connectivity index (χ0n) is 11.3. The summed E-state index contributed by atoms with van der Waals surface area (Å²) in [6, 6.07) is 14.1. The number of benzene rings is 2. The fourth-order valence-corrected chi connectivity index (χ4v) is 2.72. The first-order valence-electron chi connectivity index (χ1n) is 6.47. The lowest BCUT2D eigenvalue weighted by atomic mass is 10.2. The molecule has 22 heavy (non-hydrogen) atoms. The van der Waals surface area contributed by atoms with Gasteiger partial charge in [0.15, 0.2) is 0 Å². The number of hydrazone groups is 1. The number of nitrogens with zero attached hydrogens (tertiary/aromatic N) is 2. The number of rotatable bonds is 4. The minimum atomic E-state index is -0.260. The summed E-state index contributed by atoms with van der Waals surface area (Å²) in [4.78, 5) is 4.47. The Labute approximate surface area is 139 Å². The summed E-state index contributed by atoms with van der Waals surface area (Å²) in [5.41, 5.74) is 5.65. The number of nitrogens with one attached hydrogen (secondary N) is 1. The van der Waals surface area contributed by atoms with Gasteiger partial charge in [-0.2, -0.15) is 5.10 Å². The number of aromatic nitrogens is 1. The first kappa shape index (κ1) is 14.9. The van der Waals surface area contributed by atoms with Gasteiger partial charge < -0.3 is 0 Å². The second-order valence-electron chi connectivity index (χ2n) is 4.47. The Hall–Kier alpha value is -2.05. The molecule has 0 spiro atoms. The lowest BCUT2D eigenvalue weighted by Gasteiger charge is -1.97. The highest BCUT2D eigenvalue weighted by Crippen LogP contribution is 2.25. The van der Waals surface area contributed by atoms with Gasteiger partial charge in [-0.1, -0.05) is 40.2 Å². The molecule has 0 atom stereocenters. The molecule has 0 radical (unpaired) electrons. The number of hydrogen-bond donors (Lipinski definition) is 1. The van der Waals surface area contributed by atoms with Crippen molar-refractivity contribution in [3.63, 3.8) is 0 Å². The molecule has 1 heterocycles. The molecule has 0 saturated heterocycles. The zero-order chi connectivity index (χ0) is 15.4. The second kappa shape index (κ2) is 6.81. The van der Waals surface area contributed by atoms with Crippen molar-refractivity contribution in [3.05, 3.63) is 69.8 Å². The number of anilines is 1. The molecule has 0 fully saturated rings. The van der Waals surface area contributed by atoms with Gasteiger partial charge in [0.05, 0.1) is 11.9 Å². The molecule has 2 aromatic carbocycles. The number of halogens is 2. The molecule has 6 heteroatoms. The van der Waals surface area contributed by atoms with Gasteiger partial charge in [-0.25, -0.2) is 9.37 Å². The SMILES string of the molecule is Fc1ccc(C=NNc2nc(-c3ccc(Br)cc3)cs2)cc1. The standard InChI is InChI=1S/C16H11BrFN3S/c17-13-5-3-12(4-6-13)15-10-22-16(20-15)21-19-9-11-1-7-14(18)8-2-11/h1-10H,(H,20,21). The van der Waals surface area contributed by atoms with E-state index >= 15 is 0 Å². The van der Waals surface area contributed by atoms with Crippen LogP contribution in [0.2, 0.25) is 0 Å². The van der Waals surface area contributed by atoms with E-state index in [1.165, 1.54) is 23.5 Å². The fourth-order valence-electron chi connectivity index (χ4n) is 1.79.